The lowest BCUT2D eigenvalue weighted by Gasteiger charge is -2.40. The van der Waals surface area contributed by atoms with Crippen LogP contribution in [-0.2, 0) is 6.54 Å². The van der Waals surface area contributed by atoms with Gasteiger partial charge in [0.2, 0.25) is 0 Å². The second kappa shape index (κ2) is 7.14. The third-order valence-electron chi connectivity index (χ3n) is 4.40. The van der Waals surface area contributed by atoms with E-state index in [9.17, 15) is 0 Å². The van der Waals surface area contributed by atoms with Crippen LogP contribution in [0.3, 0.4) is 0 Å². The van der Waals surface area contributed by atoms with E-state index in [0.717, 1.165) is 31.1 Å². The first-order valence-electron chi connectivity index (χ1n) is 7.73. The fourth-order valence-corrected chi connectivity index (χ4v) is 2.82. The molecule has 1 N–H and O–H groups in total. The highest BCUT2D eigenvalue weighted by Gasteiger charge is 2.27. The molecule has 1 heterocycles. The molecule has 0 aromatic heterocycles. The first kappa shape index (κ1) is 16.1. The number of piperazine rings is 1. The Morgan fingerprint density at radius 1 is 1.29 bits per heavy atom. The average molecular weight is 292 g/mol. The summed E-state index contributed by atoms with van der Waals surface area (Å²) < 4.78 is 10.8. The first-order chi connectivity index (χ1) is 10.0. The predicted molar refractivity (Wildman–Crippen MR) is 86.0 cm³/mol. The number of hydrogen-bond donors (Lipinski definition) is 1. The average Bonchev–Trinajstić information content (AvgIpc) is 2.49. The van der Waals surface area contributed by atoms with Crippen LogP contribution in [0.25, 0.3) is 0 Å². The number of hydrogen-bond acceptors (Lipinski definition) is 4. The molecule has 4 heteroatoms. The van der Waals surface area contributed by atoms with Crippen LogP contribution >= 0.6 is 0 Å². The zero-order valence-corrected chi connectivity index (χ0v) is 13.8. The van der Waals surface area contributed by atoms with Gasteiger partial charge in [0.1, 0.15) is 11.5 Å². The molecule has 1 saturated heterocycles. The van der Waals surface area contributed by atoms with E-state index in [4.69, 9.17) is 9.47 Å². The number of nitrogens with zero attached hydrogens (tertiary/aromatic N) is 1. The van der Waals surface area contributed by atoms with Crippen LogP contribution in [0.2, 0.25) is 0 Å². The summed E-state index contributed by atoms with van der Waals surface area (Å²) in [6.07, 6.45) is 0. The van der Waals surface area contributed by atoms with Crippen molar-refractivity contribution in [3.8, 4) is 11.5 Å². The lowest BCUT2D eigenvalue weighted by Crippen LogP contribution is -2.56. The summed E-state index contributed by atoms with van der Waals surface area (Å²) in [5, 5.41) is 3.64. The SMILES string of the molecule is COc1ccc(CN2CC(C(C)C)NCC2C)c(OC)c1. The fourth-order valence-electron chi connectivity index (χ4n) is 2.82. The minimum absolute atomic E-state index is 0.534. The molecule has 2 rings (SSSR count). The quantitative estimate of drug-likeness (QED) is 0.904. The Morgan fingerprint density at radius 2 is 2.05 bits per heavy atom. The topological polar surface area (TPSA) is 33.7 Å². The molecule has 0 saturated carbocycles. The van der Waals surface area contributed by atoms with E-state index in [2.05, 4.69) is 37.1 Å². The zero-order valence-electron chi connectivity index (χ0n) is 13.8. The number of rotatable bonds is 5. The smallest absolute Gasteiger partial charge is 0.127 e. The number of nitrogens with one attached hydrogen (secondary N) is 1. The molecule has 0 radical (unpaired) electrons. The normalized spacial score (nSPS) is 23.3. The maximum atomic E-state index is 5.52. The molecule has 1 fully saturated rings. The van der Waals surface area contributed by atoms with E-state index in [1.165, 1.54) is 5.56 Å². The van der Waals surface area contributed by atoms with E-state index in [0.29, 0.717) is 18.0 Å². The van der Waals surface area contributed by atoms with Crippen molar-refractivity contribution in [1.29, 1.82) is 0 Å². The van der Waals surface area contributed by atoms with E-state index in [-0.39, 0.29) is 0 Å². The molecular weight excluding hydrogens is 264 g/mol. The summed E-state index contributed by atoms with van der Waals surface area (Å²) in [7, 11) is 3.40. The first-order valence-corrected chi connectivity index (χ1v) is 7.73. The number of methoxy groups -OCH3 is 2. The molecule has 2 unspecified atom stereocenters. The minimum atomic E-state index is 0.534. The van der Waals surface area contributed by atoms with Crippen molar-refractivity contribution in [2.75, 3.05) is 27.3 Å². The Hall–Kier alpha value is -1.26. The van der Waals surface area contributed by atoms with Gasteiger partial charge in [0.05, 0.1) is 14.2 Å². The molecule has 1 aromatic rings. The van der Waals surface area contributed by atoms with Gasteiger partial charge >= 0.3 is 0 Å². The van der Waals surface area contributed by atoms with Gasteiger partial charge < -0.3 is 14.8 Å². The van der Waals surface area contributed by atoms with Gasteiger partial charge in [0.15, 0.2) is 0 Å². The van der Waals surface area contributed by atoms with Crippen molar-refractivity contribution in [3.05, 3.63) is 23.8 Å². The Labute approximate surface area is 128 Å². The van der Waals surface area contributed by atoms with Crippen molar-refractivity contribution in [2.24, 2.45) is 5.92 Å². The minimum Gasteiger partial charge on any atom is -0.497 e. The highest BCUT2D eigenvalue weighted by Crippen LogP contribution is 2.27. The molecule has 4 nitrogen and oxygen atoms in total. The predicted octanol–water partition coefficient (Wildman–Crippen LogP) is 2.52. The van der Waals surface area contributed by atoms with Crippen molar-refractivity contribution in [2.45, 2.75) is 39.4 Å². The summed E-state index contributed by atoms with van der Waals surface area (Å²) in [5.41, 5.74) is 1.22. The molecular formula is C17H28N2O2. The lowest BCUT2D eigenvalue weighted by atomic mass is 9.99. The maximum absolute atomic E-state index is 5.52. The van der Waals surface area contributed by atoms with Crippen LogP contribution in [0.5, 0.6) is 11.5 Å². The largest absolute Gasteiger partial charge is 0.497 e. The maximum Gasteiger partial charge on any atom is 0.127 e. The molecule has 1 aliphatic heterocycles. The molecule has 0 bridgehead atoms. The highest BCUT2D eigenvalue weighted by molar-refractivity contribution is 5.40. The second-order valence-electron chi connectivity index (χ2n) is 6.22. The van der Waals surface area contributed by atoms with Crippen LogP contribution in [0.15, 0.2) is 18.2 Å². The van der Waals surface area contributed by atoms with E-state index < -0.39 is 0 Å². The van der Waals surface area contributed by atoms with Gasteiger partial charge in [-0.25, -0.2) is 0 Å². The Kier molecular flexibility index (Phi) is 5.48. The van der Waals surface area contributed by atoms with Crippen LogP contribution in [0, 0.1) is 5.92 Å². The van der Waals surface area contributed by atoms with Crippen LogP contribution in [0.1, 0.15) is 26.3 Å². The lowest BCUT2D eigenvalue weighted by molar-refractivity contribution is 0.115. The summed E-state index contributed by atoms with van der Waals surface area (Å²) in [6, 6.07) is 7.17. The van der Waals surface area contributed by atoms with Gasteiger partial charge in [-0.15, -0.1) is 0 Å². The molecule has 21 heavy (non-hydrogen) atoms. The van der Waals surface area contributed by atoms with Crippen LogP contribution in [0.4, 0.5) is 0 Å². The van der Waals surface area contributed by atoms with Crippen LogP contribution in [-0.4, -0.2) is 44.3 Å². The monoisotopic (exact) mass is 292 g/mol. The summed E-state index contributed by atoms with van der Waals surface area (Å²) in [6.45, 7) is 9.87. The standard InChI is InChI=1S/C17H28N2O2/c1-12(2)16-11-19(13(3)9-18-16)10-14-6-7-15(20-4)8-17(14)21-5/h6-8,12-13,16,18H,9-11H2,1-5H3. The van der Waals surface area contributed by atoms with Gasteiger partial charge in [-0.3, -0.25) is 4.90 Å². The Morgan fingerprint density at radius 3 is 2.67 bits per heavy atom. The summed E-state index contributed by atoms with van der Waals surface area (Å²) in [4.78, 5) is 2.53. The Balaban J connectivity index is 2.12. The zero-order chi connectivity index (χ0) is 15.4. The molecule has 1 aliphatic rings. The highest BCUT2D eigenvalue weighted by atomic mass is 16.5. The van der Waals surface area contributed by atoms with Crippen molar-refractivity contribution >= 4 is 0 Å². The van der Waals surface area contributed by atoms with Gasteiger partial charge in [0.25, 0.3) is 0 Å². The van der Waals surface area contributed by atoms with Gasteiger partial charge in [-0.05, 0) is 18.9 Å². The molecule has 0 spiro atoms. The van der Waals surface area contributed by atoms with Crippen molar-refractivity contribution in [3.63, 3.8) is 0 Å². The fraction of sp³-hybridized carbons (Fsp3) is 0.647. The third kappa shape index (κ3) is 3.89. The molecule has 0 amide bonds. The van der Waals surface area contributed by atoms with Crippen molar-refractivity contribution in [1.82, 2.24) is 10.2 Å². The molecule has 1 aromatic carbocycles. The molecule has 118 valence electrons. The second-order valence-corrected chi connectivity index (χ2v) is 6.22. The number of benzene rings is 1. The molecule has 0 aliphatic carbocycles. The van der Waals surface area contributed by atoms with Gasteiger partial charge in [0, 0.05) is 43.3 Å². The Bertz CT molecular complexity index is 462. The third-order valence-corrected chi connectivity index (χ3v) is 4.40. The van der Waals surface area contributed by atoms with Gasteiger partial charge in [-0.2, -0.15) is 0 Å². The number of ether oxygens (including phenoxy) is 2. The van der Waals surface area contributed by atoms with Crippen molar-refractivity contribution < 1.29 is 9.47 Å². The summed E-state index contributed by atoms with van der Waals surface area (Å²) in [5.74, 6) is 2.39. The summed E-state index contributed by atoms with van der Waals surface area (Å²) >= 11 is 0. The molecule has 2 atom stereocenters. The van der Waals surface area contributed by atoms with Gasteiger partial charge in [-0.1, -0.05) is 19.9 Å². The van der Waals surface area contributed by atoms with Crippen LogP contribution < -0.4 is 14.8 Å². The van der Waals surface area contributed by atoms with E-state index in [1.54, 1.807) is 14.2 Å². The van der Waals surface area contributed by atoms with E-state index >= 15 is 0 Å². The van der Waals surface area contributed by atoms with E-state index in [1.807, 2.05) is 12.1 Å².